The summed E-state index contributed by atoms with van der Waals surface area (Å²) in [5.41, 5.74) is 1.55. The first kappa shape index (κ1) is 13.7. The zero-order valence-electron chi connectivity index (χ0n) is 11.1. The number of aryl methyl sites for hydroxylation is 1. The maximum absolute atomic E-state index is 4.58. The topological polar surface area (TPSA) is 24.9 Å². The number of aromatic nitrogens is 1. The van der Waals surface area contributed by atoms with Crippen LogP contribution in [0.1, 0.15) is 38.4 Å². The summed E-state index contributed by atoms with van der Waals surface area (Å²) in [7, 11) is 0. The molecule has 1 N–H and O–H groups in total. The molecule has 0 amide bonds. The second-order valence-corrected chi connectivity index (χ2v) is 6.19. The van der Waals surface area contributed by atoms with Crippen molar-refractivity contribution < 1.29 is 0 Å². The highest BCUT2D eigenvalue weighted by Crippen LogP contribution is 2.31. The SMILES string of the molecule is CCNCC(C)(Cc1csc(C)n1)C(C)C. The molecule has 1 aromatic rings. The smallest absolute Gasteiger partial charge is 0.0897 e. The number of nitrogens with zero attached hydrogens (tertiary/aromatic N) is 1. The van der Waals surface area contributed by atoms with Gasteiger partial charge in [-0.05, 0) is 31.2 Å². The second-order valence-electron chi connectivity index (χ2n) is 5.12. The van der Waals surface area contributed by atoms with Crippen molar-refractivity contribution in [3.8, 4) is 0 Å². The predicted molar refractivity (Wildman–Crippen MR) is 72.0 cm³/mol. The minimum atomic E-state index is 0.302. The van der Waals surface area contributed by atoms with Crippen LogP contribution >= 0.6 is 11.3 Å². The van der Waals surface area contributed by atoms with Crippen molar-refractivity contribution in [3.63, 3.8) is 0 Å². The molecule has 1 aromatic heterocycles. The second kappa shape index (κ2) is 5.78. The molecule has 0 fully saturated rings. The Balaban J connectivity index is 2.70. The summed E-state index contributed by atoms with van der Waals surface area (Å²) < 4.78 is 0. The lowest BCUT2D eigenvalue weighted by Crippen LogP contribution is -2.38. The maximum atomic E-state index is 4.58. The van der Waals surface area contributed by atoms with Crippen LogP contribution in [-0.4, -0.2) is 18.1 Å². The monoisotopic (exact) mass is 240 g/mol. The van der Waals surface area contributed by atoms with Crippen LogP contribution in [0, 0.1) is 18.3 Å². The number of rotatable bonds is 6. The quantitative estimate of drug-likeness (QED) is 0.825. The molecule has 1 atom stereocenters. The lowest BCUT2D eigenvalue weighted by molar-refractivity contribution is 0.207. The molecular weight excluding hydrogens is 216 g/mol. The molecule has 0 bridgehead atoms. The van der Waals surface area contributed by atoms with Crippen LogP contribution in [0.25, 0.3) is 0 Å². The van der Waals surface area contributed by atoms with Gasteiger partial charge in [0.15, 0.2) is 0 Å². The van der Waals surface area contributed by atoms with Gasteiger partial charge in [-0.2, -0.15) is 0 Å². The highest BCUT2D eigenvalue weighted by atomic mass is 32.1. The molecule has 0 spiro atoms. The largest absolute Gasteiger partial charge is 0.316 e. The maximum Gasteiger partial charge on any atom is 0.0897 e. The summed E-state index contributed by atoms with van der Waals surface area (Å²) in [5.74, 6) is 0.661. The predicted octanol–water partition coefficient (Wildman–Crippen LogP) is 3.27. The summed E-state index contributed by atoms with van der Waals surface area (Å²) in [4.78, 5) is 4.58. The number of nitrogens with one attached hydrogen (secondary N) is 1. The van der Waals surface area contributed by atoms with E-state index in [1.165, 1.54) is 10.7 Å². The van der Waals surface area contributed by atoms with E-state index in [1.54, 1.807) is 11.3 Å². The summed E-state index contributed by atoms with van der Waals surface area (Å²) >= 11 is 1.75. The Morgan fingerprint density at radius 2 is 2.19 bits per heavy atom. The van der Waals surface area contributed by atoms with Gasteiger partial charge in [-0.1, -0.05) is 27.7 Å². The average Bonchev–Trinajstić information content (AvgIpc) is 2.60. The average molecular weight is 240 g/mol. The summed E-state index contributed by atoms with van der Waals surface area (Å²) in [6.07, 6.45) is 1.07. The Morgan fingerprint density at radius 1 is 1.50 bits per heavy atom. The van der Waals surface area contributed by atoms with Gasteiger partial charge in [0.2, 0.25) is 0 Å². The van der Waals surface area contributed by atoms with Crippen molar-refractivity contribution in [2.75, 3.05) is 13.1 Å². The molecule has 0 saturated carbocycles. The molecule has 0 aliphatic heterocycles. The lowest BCUT2D eigenvalue weighted by atomic mass is 9.75. The first-order chi connectivity index (χ1) is 7.48. The fraction of sp³-hybridized carbons (Fsp3) is 0.769. The van der Waals surface area contributed by atoms with E-state index in [4.69, 9.17) is 0 Å². The Hall–Kier alpha value is -0.410. The van der Waals surface area contributed by atoms with Crippen LogP contribution in [0.3, 0.4) is 0 Å². The molecule has 2 nitrogen and oxygen atoms in total. The molecular formula is C13H24N2S. The van der Waals surface area contributed by atoms with Crippen LogP contribution in [0.5, 0.6) is 0 Å². The van der Waals surface area contributed by atoms with Gasteiger partial charge in [-0.3, -0.25) is 0 Å². The fourth-order valence-electron chi connectivity index (χ4n) is 1.78. The summed E-state index contributed by atoms with van der Waals surface area (Å²) in [6, 6.07) is 0. The highest BCUT2D eigenvalue weighted by Gasteiger charge is 2.28. The summed E-state index contributed by atoms with van der Waals surface area (Å²) in [5, 5.41) is 6.84. The lowest BCUT2D eigenvalue weighted by Gasteiger charge is -2.33. The van der Waals surface area contributed by atoms with E-state index < -0.39 is 0 Å². The van der Waals surface area contributed by atoms with Gasteiger partial charge in [0.05, 0.1) is 10.7 Å². The van der Waals surface area contributed by atoms with E-state index in [2.05, 4.69) is 50.3 Å². The van der Waals surface area contributed by atoms with E-state index in [-0.39, 0.29) is 0 Å². The van der Waals surface area contributed by atoms with Crippen LogP contribution in [0.15, 0.2) is 5.38 Å². The third kappa shape index (κ3) is 3.56. The van der Waals surface area contributed by atoms with E-state index in [0.717, 1.165) is 19.5 Å². The van der Waals surface area contributed by atoms with Crippen molar-refractivity contribution in [1.29, 1.82) is 0 Å². The molecule has 3 heteroatoms. The van der Waals surface area contributed by atoms with Gasteiger partial charge < -0.3 is 5.32 Å². The van der Waals surface area contributed by atoms with Crippen molar-refractivity contribution in [2.45, 2.75) is 41.0 Å². The molecule has 1 rings (SSSR count). The molecule has 1 unspecified atom stereocenters. The molecule has 0 saturated heterocycles. The number of hydrogen-bond acceptors (Lipinski definition) is 3. The van der Waals surface area contributed by atoms with Crippen LogP contribution in [0.4, 0.5) is 0 Å². The third-order valence-electron chi connectivity index (χ3n) is 3.42. The zero-order valence-corrected chi connectivity index (χ0v) is 11.9. The highest BCUT2D eigenvalue weighted by molar-refractivity contribution is 7.09. The Labute approximate surface area is 103 Å². The van der Waals surface area contributed by atoms with Crippen LogP contribution in [-0.2, 0) is 6.42 Å². The van der Waals surface area contributed by atoms with Crippen molar-refractivity contribution in [3.05, 3.63) is 16.1 Å². The molecule has 0 radical (unpaired) electrons. The zero-order chi connectivity index (χ0) is 12.2. The van der Waals surface area contributed by atoms with E-state index >= 15 is 0 Å². The molecule has 0 aliphatic carbocycles. The van der Waals surface area contributed by atoms with E-state index in [9.17, 15) is 0 Å². The normalized spacial score (nSPS) is 15.4. The van der Waals surface area contributed by atoms with Crippen molar-refractivity contribution in [1.82, 2.24) is 10.3 Å². The minimum Gasteiger partial charge on any atom is -0.316 e. The Kier molecular flexibility index (Phi) is 4.93. The van der Waals surface area contributed by atoms with Crippen molar-refractivity contribution >= 4 is 11.3 Å². The van der Waals surface area contributed by atoms with Gasteiger partial charge >= 0.3 is 0 Å². The fourth-order valence-corrected chi connectivity index (χ4v) is 2.40. The molecule has 0 aliphatic rings. The Bertz CT molecular complexity index is 319. The first-order valence-corrected chi connectivity index (χ1v) is 6.97. The van der Waals surface area contributed by atoms with Gasteiger partial charge in [-0.15, -0.1) is 11.3 Å². The van der Waals surface area contributed by atoms with Gasteiger partial charge in [0.1, 0.15) is 0 Å². The van der Waals surface area contributed by atoms with Crippen LogP contribution in [0.2, 0.25) is 0 Å². The van der Waals surface area contributed by atoms with Gasteiger partial charge in [0, 0.05) is 11.9 Å². The first-order valence-electron chi connectivity index (χ1n) is 6.09. The third-order valence-corrected chi connectivity index (χ3v) is 4.25. The van der Waals surface area contributed by atoms with Gasteiger partial charge in [0.25, 0.3) is 0 Å². The molecule has 92 valence electrons. The van der Waals surface area contributed by atoms with Crippen LogP contribution < -0.4 is 5.32 Å². The molecule has 1 heterocycles. The Morgan fingerprint density at radius 3 is 2.62 bits per heavy atom. The molecule has 0 aromatic carbocycles. The standard InChI is InChI=1S/C13H24N2S/c1-6-14-9-13(5,10(2)3)7-12-8-16-11(4)15-12/h8,10,14H,6-7,9H2,1-5H3. The molecule has 16 heavy (non-hydrogen) atoms. The van der Waals surface area contributed by atoms with E-state index in [0.29, 0.717) is 11.3 Å². The van der Waals surface area contributed by atoms with Crippen molar-refractivity contribution in [2.24, 2.45) is 11.3 Å². The summed E-state index contributed by atoms with van der Waals surface area (Å²) in [6.45, 7) is 13.3. The number of hydrogen-bond donors (Lipinski definition) is 1. The van der Waals surface area contributed by atoms with Gasteiger partial charge in [-0.25, -0.2) is 4.98 Å². The number of thiazole rings is 1. The minimum absolute atomic E-state index is 0.302. The van der Waals surface area contributed by atoms with E-state index in [1.807, 2.05) is 0 Å².